The molecule has 14 heteroatoms. The van der Waals surface area contributed by atoms with E-state index in [1.165, 1.54) is 19.2 Å². The molecule has 4 unspecified atom stereocenters. The molecule has 0 aromatic heterocycles. The van der Waals surface area contributed by atoms with Crippen LogP contribution in [0.2, 0.25) is 0 Å². The van der Waals surface area contributed by atoms with Gasteiger partial charge in [-0.15, -0.1) is 0 Å². The molecule has 0 spiro atoms. The van der Waals surface area contributed by atoms with Crippen LogP contribution in [0, 0.1) is 29.1 Å². The van der Waals surface area contributed by atoms with Crippen molar-refractivity contribution < 1.29 is 60.6 Å². The smallest absolute Gasteiger partial charge is 0.311 e. The molecule has 0 amide bonds. The van der Waals surface area contributed by atoms with Crippen LogP contribution in [0.3, 0.4) is 0 Å². The maximum absolute atomic E-state index is 13.6. The number of rotatable bonds is 21. The number of ether oxygens (including phenoxy) is 5. The number of carbonyl (C=O) groups is 4. The zero-order valence-electron chi connectivity index (χ0n) is 28.5. The highest BCUT2D eigenvalue weighted by molar-refractivity contribution is 7.86. The third kappa shape index (κ3) is 12.2. The Labute approximate surface area is 277 Å². The van der Waals surface area contributed by atoms with Crippen LogP contribution >= 0.6 is 0 Å². The Hall–Kier alpha value is -3.07. The van der Waals surface area contributed by atoms with Crippen LogP contribution in [0.1, 0.15) is 72.3 Å². The Morgan fingerprint density at radius 1 is 0.915 bits per heavy atom. The lowest BCUT2D eigenvalue weighted by Gasteiger charge is -2.40. The number of methoxy groups -OCH3 is 1. The highest BCUT2D eigenvalue weighted by atomic mass is 32.2. The van der Waals surface area contributed by atoms with Gasteiger partial charge in [-0.3, -0.25) is 23.4 Å². The number of carbonyl (C=O) groups excluding carboxylic acids is 4. The quantitative estimate of drug-likeness (QED) is 0.0653. The summed E-state index contributed by atoms with van der Waals surface area (Å²) in [6, 6.07) is 6.10. The second-order valence-corrected chi connectivity index (χ2v) is 14.8. The topological polar surface area (TPSA) is 181 Å². The van der Waals surface area contributed by atoms with Gasteiger partial charge in [0.05, 0.1) is 47.4 Å². The number of aliphatic hydroxyl groups excluding tert-OH is 1. The normalized spacial score (nSPS) is 17.8. The highest BCUT2D eigenvalue weighted by Crippen LogP contribution is 2.47. The fraction of sp³-hybridized carbons (Fsp3) is 0.697. The van der Waals surface area contributed by atoms with Crippen molar-refractivity contribution in [2.75, 3.05) is 46.8 Å². The maximum Gasteiger partial charge on any atom is 0.311 e. The highest BCUT2D eigenvalue weighted by Gasteiger charge is 2.51. The average Bonchev–Trinajstić information content (AvgIpc) is 3.84. The Morgan fingerprint density at radius 2 is 1.55 bits per heavy atom. The summed E-state index contributed by atoms with van der Waals surface area (Å²) >= 11 is 0. The van der Waals surface area contributed by atoms with Gasteiger partial charge >= 0.3 is 23.9 Å². The van der Waals surface area contributed by atoms with Crippen molar-refractivity contribution >= 4 is 34.0 Å². The lowest BCUT2D eigenvalue weighted by Crippen LogP contribution is -2.45. The van der Waals surface area contributed by atoms with Crippen molar-refractivity contribution in [1.82, 2.24) is 0 Å². The minimum absolute atomic E-state index is 0.0293. The number of hydrogen-bond donors (Lipinski definition) is 1. The van der Waals surface area contributed by atoms with Crippen LogP contribution in [0.4, 0.5) is 0 Å². The van der Waals surface area contributed by atoms with E-state index in [1.54, 1.807) is 46.8 Å². The van der Waals surface area contributed by atoms with Crippen LogP contribution in [0.5, 0.6) is 0 Å². The molecule has 266 valence electrons. The third-order valence-electron chi connectivity index (χ3n) is 8.07. The summed E-state index contributed by atoms with van der Waals surface area (Å²) in [7, 11) is -2.85. The molecule has 2 rings (SSSR count). The summed E-state index contributed by atoms with van der Waals surface area (Å²) in [5.41, 5.74) is -3.14. The van der Waals surface area contributed by atoms with Crippen LogP contribution in [0.25, 0.3) is 0 Å². The van der Waals surface area contributed by atoms with Gasteiger partial charge in [-0.05, 0) is 72.4 Å². The predicted molar refractivity (Wildman–Crippen MR) is 168 cm³/mol. The molecule has 4 atom stereocenters. The Kier molecular flexibility index (Phi) is 14.8. The third-order valence-corrected chi connectivity index (χ3v) is 9.40. The van der Waals surface area contributed by atoms with E-state index < -0.39 is 62.8 Å². The molecule has 1 aromatic carbocycles. The number of aliphatic hydroxyl groups is 1. The van der Waals surface area contributed by atoms with Crippen molar-refractivity contribution in [3.8, 4) is 0 Å². The number of hydrogen-bond acceptors (Lipinski definition) is 13. The van der Waals surface area contributed by atoms with Gasteiger partial charge < -0.3 is 28.8 Å². The van der Waals surface area contributed by atoms with Crippen molar-refractivity contribution in [3.63, 3.8) is 0 Å². The standard InChI is InChI=1S/C33H50O13S/c1-8-24(27(35)42-16-17-46-47(39,40)26-12-10-23(2)11-13-26)18-32(5,30(38)43-15-9-14-34)22-33(6,29(37)41-7)21-31(3,4)28(36)45-20-25-19-44-25/h10-13,24-25,34H,8-9,14-22H2,1-7H3. The molecule has 1 N–H and O–H groups in total. The molecule has 0 radical (unpaired) electrons. The monoisotopic (exact) mass is 686 g/mol. The summed E-state index contributed by atoms with van der Waals surface area (Å²) in [6.07, 6.45) is -0.0199. The molecule has 1 fully saturated rings. The molecule has 1 aromatic rings. The number of aryl methyl sites for hydroxylation is 1. The van der Waals surface area contributed by atoms with Crippen LogP contribution < -0.4 is 0 Å². The van der Waals surface area contributed by atoms with Gasteiger partial charge in [-0.25, -0.2) is 0 Å². The van der Waals surface area contributed by atoms with Crippen molar-refractivity contribution in [2.24, 2.45) is 22.2 Å². The molecule has 1 heterocycles. The largest absolute Gasteiger partial charge is 0.469 e. The molecular weight excluding hydrogens is 636 g/mol. The van der Waals surface area contributed by atoms with E-state index in [0.29, 0.717) is 6.61 Å². The van der Waals surface area contributed by atoms with E-state index in [1.807, 2.05) is 6.92 Å². The Bertz CT molecular complexity index is 1320. The zero-order chi connectivity index (χ0) is 35.5. The first-order chi connectivity index (χ1) is 21.9. The average molecular weight is 687 g/mol. The number of benzene rings is 1. The summed E-state index contributed by atoms with van der Waals surface area (Å²) in [4.78, 5) is 53.1. The molecule has 0 bridgehead atoms. The van der Waals surface area contributed by atoms with E-state index in [-0.39, 0.29) is 69.5 Å². The number of esters is 4. The first kappa shape index (κ1) is 40.1. The molecule has 13 nitrogen and oxygen atoms in total. The molecule has 0 saturated carbocycles. The van der Waals surface area contributed by atoms with E-state index in [2.05, 4.69) is 0 Å². The molecule has 1 saturated heterocycles. The minimum Gasteiger partial charge on any atom is -0.469 e. The van der Waals surface area contributed by atoms with Crippen LogP contribution in [-0.4, -0.2) is 90.3 Å². The SMILES string of the molecule is CCC(CC(C)(CC(C)(CC(C)(C)C(=O)OCC1CO1)C(=O)OC)C(=O)OCCCO)C(=O)OCCOS(=O)(=O)c1ccc(C)cc1. The van der Waals surface area contributed by atoms with E-state index in [0.717, 1.165) is 5.56 Å². The van der Waals surface area contributed by atoms with Gasteiger partial charge in [0.15, 0.2) is 0 Å². The lowest BCUT2D eigenvalue weighted by molar-refractivity contribution is -0.169. The van der Waals surface area contributed by atoms with Crippen molar-refractivity contribution in [1.29, 1.82) is 0 Å². The van der Waals surface area contributed by atoms with Gasteiger partial charge in [-0.2, -0.15) is 8.42 Å². The second-order valence-electron chi connectivity index (χ2n) is 13.2. The van der Waals surface area contributed by atoms with Crippen LogP contribution in [-0.2, 0) is 57.2 Å². The van der Waals surface area contributed by atoms with E-state index in [4.69, 9.17) is 27.9 Å². The summed E-state index contributed by atoms with van der Waals surface area (Å²) in [6.45, 7) is 9.48. The van der Waals surface area contributed by atoms with Crippen molar-refractivity contribution in [2.45, 2.75) is 84.6 Å². The second kappa shape index (κ2) is 17.4. The van der Waals surface area contributed by atoms with E-state index in [9.17, 15) is 32.7 Å². The van der Waals surface area contributed by atoms with Gasteiger partial charge in [0.25, 0.3) is 10.1 Å². The molecular formula is C33H50O13S. The molecule has 47 heavy (non-hydrogen) atoms. The fourth-order valence-corrected chi connectivity index (χ4v) is 6.53. The van der Waals surface area contributed by atoms with Gasteiger partial charge in [0.2, 0.25) is 0 Å². The van der Waals surface area contributed by atoms with E-state index >= 15 is 0 Å². The van der Waals surface area contributed by atoms with Gasteiger partial charge in [0.1, 0.15) is 25.9 Å². The molecule has 1 aliphatic heterocycles. The predicted octanol–water partition coefficient (Wildman–Crippen LogP) is 3.52. The molecule has 0 aliphatic carbocycles. The van der Waals surface area contributed by atoms with Crippen LogP contribution in [0.15, 0.2) is 29.2 Å². The minimum atomic E-state index is -4.06. The Balaban J connectivity index is 2.22. The zero-order valence-corrected chi connectivity index (χ0v) is 29.3. The lowest BCUT2D eigenvalue weighted by atomic mass is 9.63. The summed E-state index contributed by atoms with van der Waals surface area (Å²) in [5.74, 6) is -3.45. The summed E-state index contributed by atoms with van der Waals surface area (Å²) < 4.78 is 56.4. The maximum atomic E-state index is 13.6. The van der Waals surface area contributed by atoms with Gasteiger partial charge in [-0.1, -0.05) is 24.6 Å². The molecule has 1 aliphatic rings. The first-order valence-corrected chi connectivity index (χ1v) is 17.1. The fourth-order valence-electron chi connectivity index (χ4n) is 5.64. The summed E-state index contributed by atoms with van der Waals surface area (Å²) in [5, 5.41) is 9.21. The Morgan fingerprint density at radius 3 is 2.11 bits per heavy atom. The first-order valence-electron chi connectivity index (χ1n) is 15.7. The van der Waals surface area contributed by atoms with Gasteiger partial charge in [0, 0.05) is 13.0 Å². The number of epoxide rings is 1. The van der Waals surface area contributed by atoms with Crippen molar-refractivity contribution in [3.05, 3.63) is 29.8 Å².